The van der Waals surface area contributed by atoms with Gasteiger partial charge in [0, 0.05) is 31.7 Å². The first kappa shape index (κ1) is 17.0. The summed E-state index contributed by atoms with van der Waals surface area (Å²) in [6, 6.07) is 11.8. The van der Waals surface area contributed by atoms with Crippen molar-refractivity contribution in [1.29, 1.82) is 0 Å². The minimum atomic E-state index is -0.126. The Bertz CT molecular complexity index is 894. The molecule has 5 heteroatoms. The van der Waals surface area contributed by atoms with E-state index in [4.69, 9.17) is 0 Å². The largest absolute Gasteiger partial charge is 0.378 e. The van der Waals surface area contributed by atoms with Gasteiger partial charge in [-0.05, 0) is 49.2 Å². The van der Waals surface area contributed by atoms with E-state index in [1.54, 1.807) is 0 Å². The summed E-state index contributed by atoms with van der Waals surface area (Å²) < 4.78 is 1.89. The summed E-state index contributed by atoms with van der Waals surface area (Å²) in [5, 5.41) is 3.00. The molecule has 25 heavy (non-hydrogen) atoms. The van der Waals surface area contributed by atoms with E-state index in [0.717, 1.165) is 41.1 Å². The third kappa shape index (κ3) is 3.50. The maximum Gasteiger partial charge on any atom is 0.274 e. The summed E-state index contributed by atoms with van der Waals surface area (Å²) >= 11 is 0. The van der Waals surface area contributed by atoms with E-state index in [1.165, 1.54) is 0 Å². The van der Waals surface area contributed by atoms with Crippen LogP contribution >= 0.6 is 0 Å². The molecule has 130 valence electrons. The standard InChI is InChI=1S/C20H24N4O/c1-5-6-17-19(24-13-14(2)7-12-18(24)22-17)20(25)21-15-8-10-16(11-9-15)23(3)4/h7-13H,5-6H2,1-4H3,(H,21,25). The number of hydrogen-bond acceptors (Lipinski definition) is 3. The van der Waals surface area contributed by atoms with Gasteiger partial charge < -0.3 is 10.2 Å². The van der Waals surface area contributed by atoms with E-state index in [1.807, 2.05) is 72.9 Å². The average molecular weight is 336 g/mol. The Hall–Kier alpha value is -2.82. The Morgan fingerprint density at radius 2 is 1.88 bits per heavy atom. The molecule has 0 aliphatic rings. The molecule has 0 aliphatic carbocycles. The van der Waals surface area contributed by atoms with Gasteiger partial charge in [0.2, 0.25) is 0 Å². The molecular formula is C20H24N4O. The lowest BCUT2D eigenvalue weighted by Crippen LogP contribution is -2.16. The van der Waals surface area contributed by atoms with Crippen molar-refractivity contribution in [2.75, 3.05) is 24.3 Å². The molecule has 0 saturated heterocycles. The van der Waals surface area contributed by atoms with Gasteiger partial charge >= 0.3 is 0 Å². The average Bonchev–Trinajstić information content (AvgIpc) is 2.93. The van der Waals surface area contributed by atoms with Crippen LogP contribution in [-0.4, -0.2) is 29.4 Å². The van der Waals surface area contributed by atoms with Crippen molar-refractivity contribution in [2.24, 2.45) is 0 Å². The number of carbonyl (C=O) groups is 1. The Kier molecular flexibility index (Phi) is 4.74. The van der Waals surface area contributed by atoms with Gasteiger partial charge in [0.25, 0.3) is 5.91 Å². The van der Waals surface area contributed by atoms with Gasteiger partial charge in [-0.2, -0.15) is 0 Å². The highest BCUT2D eigenvalue weighted by molar-refractivity contribution is 6.04. The Labute approximate surface area is 148 Å². The third-order valence-corrected chi connectivity index (χ3v) is 4.18. The van der Waals surface area contributed by atoms with Crippen molar-refractivity contribution >= 4 is 22.9 Å². The van der Waals surface area contributed by atoms with Gasteiger partial charge in [-0.3, -0.25) is 9.20 Å². The number of nitrogens with zero attached hydrogens (tertiary/aromatic N) is 3. The summed E-state index contributed by atoms with van der Waals surface area (Å²) in [6.07, 6.45) is 3.69. The predicted octanol–water partition coefficient (Wildman–Crippen LogP) is 3.91. The zero-order valence-corrected chi connectivity index (χ0v) is 15.2. The monoisotopic (exact) mass is 336 g/mol. The number of fused-ring (bicyclic) bond motifs is 1. The molecule has 1 N–H and O–H groups in total. The molecule has 0 radical (unpaired) electrons. The first-order chi connectivity index (χ1) is 12.0. The van der Waals surface area contributed by atoms with Gasteiger partial charge in [0.15, 0.2) is 0 Å². The second-order valence-electron chi connectivity index (χ2n) is 6.49. The fraction of sp³-hybridized carbons (Fsp3) is 0.300. The summed E-state index contributed by atoms with van der Waals surface area (Å²) in [7, 11) is 3.98. The van der Waals surface area contributed by atoms with Crippen LogP contribution in [0, 0.1) is 6.92 Å². The Morgan fingerprint density at radius 3 is 2.52 bits per heavy atom. The Morgan fingerprint density at radius 1 is 1.16 bits per heavy atom. The summed E-state index contributed by atoms with van der Waals surface area (Å²) in [5.41, 5.74) is 5.24. The predicted molar refractivity (Wildman–Crippen MR) is 103 cm³/mol. The fourth-order valence-corrected chi connectivity index (χ4v) is 2.88. The summed E-state index contributed by atoms with van der Waals surface area (Å²) in [6.45, 7) is 4.11. The smallest absolute Gasteiger partial charge is 0.274 e. The minimum absolute atomic E-state index is 0.126. The van der Waals surface area contributed by atoms with Crippen molar-refractivity contribution in [3.63, 3.8) is 0 Å². The van der Waals surface area contributed by atoms with Crippen molar-refractivity contribution in [3.05, 3.63) is 59.5 Å². The second kappa shape index (κ2) is 6.97. The topological polar surface area (TPSA) is 49.6 Å². The fourth-order valence-electron chi connectivity index (χ4n) is 2.88. The first-order valence-electron chi connectivity index (χ1n) is 8.56. The molecule has 0 atom stereocenters. The number of imidazole rings is 1. The van der Waals surface area contributed by atoms with Crippen LogP contribution in [0.3, 0.4) is 0 Å². The lowest BCUT2D eigenvalue weighted by Gasteiger charge is -2.13. The van der Waals surface area contributed by atoms with E-state index < -0.39 is 0 Å². The molecule has 0 bridgehead atoms. The molecule has 0 unspecified atom stereocenters. The van der Waals surface area contributed by atoms with E-state index in [2.05, 4.69) is 17.2 Å². The van der Waals surface area contributed by atoms with Crippen LogP contribution in [0.1, 0.15) is 35.1 Å². The van der Waals surface area contributed by atoms with Crippen LogP contribution in [0.2, 0.25) is 0 Å². The highest BCUT2D eigenvalue weighted by Crippen LogP contribution is 2.20. The normalized spacial score (nSPS) is 10.9. The molecule has 3 aromatic rings. The summed E-state index contributed by atoms with van der Waals surface area (Å²) in [5.74, 6) is -0.126. The quantitative estimate of drug-likeness (QED) is 0.768. The lowest BCUT2D eigenvalue weighted by molar-refractivity contribution is 0.102. The highest BCUT2D eigenvalue weighted by Gasteiger charge is 2.19. The SMILES string of the molecule is CCCc1nc2ccc(C)cn2c1C(=O)Nc1ccc(N(C)C)cc1. The van der Waals surface area contributed by atoms with Crippen molar-refractivity contribution in [2.45, 2.75) is 26.7 Å². The molecule has 0 aliphatic heterocycles. The summed E-state index contributed by atoms with van der Waals surface area (Å²) in [4.78, 5) is 19.6. The van der Waals surface area contributed by atoms with Crippen LogP contribution in [0.15, 0.2) is 42.6 Å². The van der Waals surface area contributed by atoms with Gasteiger partial charge in [0.1, 0.15) is 11.3 Å². The number of rotatable bonds is 5. The third-order valence-electron chi connectivity index (χ3n) is 4.18. The maximum absolute atomic E-state index is 12.9. The number of hydrogen-bond donors (Lipinski definition) is 1. The zero-order valence-electron chi connectivity index (χ0n) is 15.2. The van der Waals surface area contributed by atoms with Crippen molar-refractivity contribution in [3.8, 4) is 0 Å². The molecule has 5 nitrogen and oxygen atoms in total. The number of aromatic nitrogens is 2. The van der Waals surface area contributed by atoms with Crippen molar-refractivity contribution < 1.29 is 4.79 Å². The number of amides is 1. The number of anilines is 2. The van der Waals surface area contributed by atoms with Crippen LogP contribution in [0.5, 0.6) is 0 Å². The van der Waals surface area contributed by atoms with Crippen LogP contribution in [0.25, 0.3) is 5.65 Å². The number of benzene rings is 1. The van der Waals surface area contributed by atoms with E-state index in [0.29, 0.717) is 5.69 Å². The van der Waals surface area contributed by atoms with Crippen molar-refractivity contribution in [1.82, 2.24) is 9.38 Å². The molecule has 2 heterocycles. The van der Waals surface area contributed by atoms with Gasteiger partial charge in [0.05, 0.1) is 5.69 Å². The molecule has 2 aromatic heterocycles. The zero-order chi connectivity index (χ0) is 18.0. The Balaban J connectivity index is 1.95. The number of nitrogens with one attached hydrogen (secondary N) is 1. The van der Waals surface area contributed by atoms with Crippen LogP contribution < -0.4 is 10.2 Å². The molecule has 3 rings (SSSR count). The lowest BCUT2D eigenvalue weighted by atomic mass is 10.2. The van der Waals surface area contributed by atoms with E-state index >= 15 is 0 Å². The van der Waals surface area contributed by atoms with Crippen LogP contribution in [-0.2, 0) is 6.42 Å². The van der Waals surface area contributed by atoms with E-state index in [-0.39, 0.29) is 5.91 Å². The highest BCUT2D eigenvalue weighted by atomic mass is 16.2. The minimum Gasteiger partial charge on any atom is -0.378 e. The molecule has 0 saturated carbocycles. The van der Waals surface area contributed by atoms with Gasteiger partial charge in [-0.15, -0.1) is 0 Å². The molecule has 0 spiro atoms. The number of aryl methyl sites for hydroxylation is 2. The first-order valence-corrected chi connectivity index (χ1v) is 8.56. The molecular weight excluding hydrogens is 312 g/mol. The number of carbonyl (C=O) groups excluding carboxylic acids is 1. The van der Waals surface area contributed by atoms with Gasteiger partial charge in [-0.25, -0.2) is 4.98 Å². The number of pyridine rings is 1. The van der Waals surface area contributed by atoms with Crippen LogP contribution in [0.4, 0.5) is 11.4 Å². The maximum atomic E-state index is 12.9. The van der Waals surface area contributed by atoms with E-state index in [9.17, 15) is 4.79 Å². The molecule has 1 amide bonds. The van der Waals surface area contributed by atoms with Gasteiger partial charge in [-0.1, -0.05) is 19.4 Å². The molecule has 1 aromatic carbocycles. The molecule has 0 fully saturated rings. The second-order valence-corrected chi connectivity index (χ2v) is 6.49.